The Morgan fingerprint density at radius 3 is 2.48 bits per heavy atom. The first-order valence-corrected chi connectivity index (χ1v) is 11.2. The number of carbonyl (C=O) groups excluding carboxylic acids is 2. The van der Waals surface area contributed by atoms with Crippen LogP contribution in [0.4, 0.5) is 0 Å². The lowest BCUT2D eigenvalue weighted by Gasteiger charge is -2.28. The number of ether oxygens (including phenoxy) is 1. The van der Waals surface area contributed by atoms with E-state index in [1.54, 1.807) is 11.8 Å². The van der Waals surface area contributed by atoms with Gasteiger partial charge in [0, 0.05) is 17.6 Å². The van der Waals surface area contributed by atoms with Crippen LogP contribution in [-0.2, 0) is 22.6 Å². The van der Waals surface area contributed by atoms with Crippen LogP contribution in [0, 0.1) is 0 Å². The van der Waals surface area contributed by atoms with Gasteiger partial charge in [0.1, 0.15) is 11.8 Å². The van der Waals surface area contributed by atoms with Crippen LogP contribution in [0.2, 0.25) is 0 Å². The summed E-state index contributed by atoms with van der Waals surface area (Å²) in [5, 5.41) is 2.78. The molecule has 0 spiro atoms. The quantitative estimate of drug-likeness (QED) is 0.516. The van der Waals surface area contributed by atoms with Crippen LogP contribution in [0.25, 0.3) is 0 Å². The summed E-state index contributed by atoms with van der Waals surface area (Å²) in [5.41, 5.74) is 2.11. The standard InChI is InChI=1S/C22H26Br2N2O3/c1-4-16-9-10-20(19(24)12-16)29-14-21(27)26(15(3)22(28)25-5-2)13-17-7-6-8-18(23)11-17/h6-12,15H,4-5,13-14H2,1-3H3,(H,25,28)/t15-/m1/s1. The molecule has 0 aromatic heterocycles. The molecule has 29 heavy (non-hydrogen) atoms. The summed E-state index contributed by atoms with van der Waals surface area (Å²) >= 11 is 6.94. The Kier molecular flexibility index (Phi) is 9.17. The molecule has 0 aliphatic heterocycles. The summed E-state index contributed by atoms with van der Waals surface area (Å²) in [6.07, 6.45) is 0.919. The van der Waals surface area contributed by atoms with Crippen molar-refractivity contribution in [2.45, 2.75) is 39.8 Å². The summed E-state index contributed by atoms with van der Waals surface area (Å²) in [5.74, 6) is 0.156. The highest BCUT2D eigenvalue weighted by Gasteiger charge is 2.26. The third-order valence-electron chi connectivity index (χ3n) is 4.52. The normalized spacial score (nSPS) is 11.6. The number of benzene rings is 2. The molecule has 1 N–H and O–H groups in total. The second-order valence-corrected chi connectivity index (χ2v) is 8.40. The van der Waals surface area contributed by atoms with E-state index in [-0.39, 0.29) is 18.4 Å². The Morgan fingerprint density at radius 1 is 1.10 bits per heavy atom. The van der Waals surface area contributed by atoms with Gasteiger partial charge in [0.15, 0.2) is 6.61 Å². The molecular formula is C22H26Br2N2O3. The van der Waals surface area contributed by atoms with E-state index >= 15 is 0 Å². The molecule has 0 heterocycles. The van der Waals surface area contributed by atoms with Crippen LogP contribution in [0.1, 0.15) is 31.9 Å². The predicted molar refractivity (Wildman–Crippen MR) is 122 cm³/mol. The third-order valence-corrected chi connectivity index (χ3v) is 5.63. The van der Waals surface area contributed by atoms with Gasteiger partial charge in [0.2, 0.25) is 5.91 Å². The molecule has 2 rings (SSSR count). The van der Waals surface area contributed by atoms with Gasteiger partial charge in [0.25, 0.3) is 5.91 Å². The molecule has 0 aliphatic carbocycles. The fourth-order valence-electron chi connectivity index (χ4n) is 2.84. The Morgan fingerprint density at radius 2 is 1.86 bits per heavy atom. The van der Waals surface area contributed by atoms with Crippen molar-refractivity contribution in [2.24, 2.45) is 0 Å². The van der Waals surface area contributed by atoms with Crippen molar-refractivity contribution in [2.75, 3.05) is 13.2 Å². The van der Waals surface area contributed by atoms with Crippen LogP contribution in [0.3, 0.4) is 0 Å². The maximum atomic E-state index is 13.0. The van der Waals surface area contributed by atoms with Gasteiger partial charge in [-0.2, -0.15) is 0 Å². The van der Waals surface area contributed by atoms with E-state index in [4.69, 9.17) is 4.74 Å². The highest BCUT2D eigenvalue weighted by atomic mass is 79.9. The zero-order chi connectivity index (χ0) is 21.4. The molecule has 2 aromatic rings. The first kappa shape index (κ1) is 23.4. The van der Waals surface area contributed by atoms with Gasteiger partial charge >= 0.3 is 0 Å². The summed E-state index contributed by atoms with van der Waals surface area (Å²) in [7, 11) is 0. The second kappa shape index (κ2) is 11.4. The number of rotatable bonds is 9. The number of hydrogen-bond donors (Lipinski definition) is 1. The highest BCUT2D eigenvalue weighted by Crippen LogP contribution is 2.26. The molecule has 0 radical (unpaired) electrons. The third kappa shape index (κ3) is 6.85. The van der Waals surface area contributed by atoms with Gasteiger partial charge in [-0.25, -0.2) is 0 Å². The fourth-order valence-corrected chi connectivity index (χ4v) is 3.83. The van der Waals surface area contributed by atoms with Gasteiger partial charge in [0.05, 0.1) is 4.47 Å². The largest absolute Gasteiger partial charge is 0.483 e. The van der Waals surface area contributed by atoms with Gasteiger partial charge in [-0.3, -0.25) is 9.59 Å². The van der Waals surface area contributed by atoms with Crippen LogP contribution in [0.15, 0.2) is 51.4 Å². The van der Waals surface area contributed by atoms with Crippen LogP contribution >= 0.6 is 31.9 Å². The molecule has 5 nitrogen and oxygen atoms in total. The van der Waals surface area contributed by atoms with Crippen LogP contribution in [-0.4, -0.2) is 35.9 Å². The molecule has 0 saturated heterocycles. The number of likely N-dealkylation sites (N-methyl/N-ethyl adjacent to an activating group) is 1. The molecule has 0 saturated carbocycles. The van der Waals surface area contributed by atoms with Crippen LogP contribution in [0.5, 0.6) is 5.75 Å². The summed E-state index contributed by atoms with van der Waals surface area (Å²) in [4.78, 5) is 26.9. The number of hydrogen-bond acceptors (Lipinski definition) is 3. The zero-order valence-corrected chi connectivity index (χ0v) is 20.0. The fraction of sp³-hybridized carbons (Fsp3) is 0.364. The predicted octanol–water partition coefficient (Wildman–Crippen LogP) is 4.71. The minimum Gasteiger partial charge on any atom is -0.483 e. The Bertz CT molecular complexity index is 858. The average molecular weight is 526 g/mol. The van der Waals surface area contributed by atoms with Crippen molar-refractivity contribution in [3.63, 3.8) is 0 Å². The average Bonchev–Trinajstić information content (AvgIpc) is 2.70. The van der Waals surface area contributed by atoms with E-state index in [9.17, 15) is 9.59 Å². The lowest BCUT2D eigenvalue weighted by atomic mass is 10.1. The van der Waals surface area contributed by atoms with E-state index in [1.165, 1.54) is 5.56 Å². The number of halogens is 2. The molecule has 7 heteroatoms. The highest BCUT2D eigenvalue weighted by molar-refractivity contribution is 9.10. The Hall–Kier alpha value is -1.86. The smallest absolute Gasteiger partial charge is 0.261 e. The first-order valence-electron chi connectivity index (χ1n) is 9.58. The Balaban J connectivity index is 2.15. The molecule has 0 fully saturated rings. The molecule has 1 atom stereocenters. The summed E-state index contributed by atoms with van der Waals surface area (Å²) in [6.45, 7) is 6.33. The van der Waals surface area contributed by atoms with Crippen LogP contribution < -0.4 is 10.1 Å². The van der Waals surface area contributed by atoms with E-state index in [2.05, 4.69) is 44.1 Å². The Labute approximate surface area is 189 Å². The molecule has 156 valence electrons. The summed E-state index contributed by atoms with van der Waals surface area (Å²) < 4.78 is 7.48. The van der Waals surface area contributed by atoms with E-state index in [1.807, 2.05) is 49.4 Å². The lowest BCUT2D eigenvalue weighted by molar-refractivity contribution is -0.142. The number of nitrogens with zero attached hydrogens (tertiary/aromatic N) is 1. The lowest BCUT2D eigenvalue weighted by Crippen LogP contribution is -2.49. The van der Waals surface area contributed by atoms with Crippen molar-refractivity contribution in [1.29, 1.82) is 0 Å². The number of amides is 2. The van der Waals surface area contributed by atoms with Gasteiger partial charge in [-0.1, -0.05) is 41.1 Å². The number of aryl methyl sites for hydroxylation is 1. The number of carbonyl (C=O) groups is 2. The second-order valence-electron chi connectivity index (χ2n) is 6.63. The zero-order valence-electron chi connectivity index (χ0n) is 16.9. The minimum atomic E-state index is -0.615. The first-order chi connectivity index (χ1) is 13.8. The number of nitrogens with one attached hydrogen (secondary N) is 1. The van der Waals surface area contributed by atoms with E-state index in [0.29, 0.717) is 18.8 Å². The van der Waals surface area contributed by atoms with Crippen molar-refractivity contribution in [1.82, 2.24) is 10.2 Å². The minimum absolute atomic E-state index is 0.151. The monoisotopic (exact) mass is 524 g/mol. The van der Waals surface area contributed by atoms with Crippen molar-refractivity contribution >= 4 is 43.7 Å². The van der Waals surface area contributed by atoms with Gasteiger partial charge in [-0.15, -0.1) is 0 Å². The topological polar surface area (TPSA) is 58.6 Å². The SMILES string of the molecule is CCNC(=O)[C@@H](C)N(Cc1cccc(Br)c1)C(=O)COc1ccc(CC)cc1Br. The maximum absolute atomic E-state index is 13.0. The summed E-state index contributed by atoms with van der Waals surface area (Å²) in [6, 6.07) is 12.9. The van der Waals surface area contributed by atoms with E-state index < -0.39 is 6.04 Å². The van der Waals surface area contributed by atoms with Crippen molar-refractivity contribution in [3.8, 4) is 5.75 Å². The molecule has 2 aromatic carbocycles. The molecule has 0 unspecified atom stereocenters. The van der Waals surface area contributed by atoms with E-state index in [0.717, 1.165) is 20.9 Å². The maximum Gasteiger partial charge on any atom is 0.261 e. The van der Waals surface area contributed by atoms with Gasteiger partial charge in [-0.05, 0) is 71.6 Å². The molecule has 0 aliphatic rings. The molecule has 0 bridgehead atoms. The van der Waals surface area contributed by atoms with Crippen molar-refractivity contribution < 1.29 is 14.3 Å². The van der Waals surface area contributed by atoms with Crippen molar-refractivity contribution in [3.05, 3.63) is 62.5 Å². The molecule has 2 amide bonds. The molecular weight excluding hydrogens is 500 g/mol. The van der Waals surface area contributed by atoms with Gasteiger partial charge < -0.3 is 15.0 Å².